The lowest BCUT2D eigenvalue weighted by molar-refractivity contribution is -0.118. The van der Waals surface area contributed by atoms with Crippen molar-refractivity contribution < 1.29 is 14.3 Å². The van der Waals surface area contributed by atoms with Crippen LogP contribution in [-0.4, -0.2) is 25.3 Å². The van der Waals surface area contributed by atoms with E-state index in [2.05, 4.69) is 24.4 Å². The first-order valence-electron chi connectivity index (χ1n) is 6.72. The zero-order valence-corrected chi connectivity index (χ0v) is 12.5. The van der Waals surface area contributed by atoms with Crippen LogP contribution in [0, 0.1) is 5.92 Å². The molecule has 0 bridgehead atoms. The molecule has 0 radical (unpaired) electrons. The molecule has 20 heavy (non-hydrogen) atoms. The fourth-order valence-electron chi connectivity index (χ4n) is 1.45. The maximum atomic E-state index is 10.7. The summed E-state index contributed by atoms with van der Waals surface area (Å²) in [6, 6.07) is 5.55. The summed E-state index contributed by atoms with van der Waals surface area (Å²) in [5, 5.41) is 3.83. The van der Waals surface area contributed by atoms with Gasteiger partial charge in [-0.1, -0.05) is 13.8 Å². The van der Waals surface area contributed by atoms with Crippen molar-refractivity contribution >= 4 is 12.1 Å². The average molecular weight is 278 g/mol. The summed E-state index contributed by atoms with van der Waals surface area (Å²) in [6.07, 6.45) is 1.57. The quantitative estimate of drug-likeness (QED) is 0.616. The Balaban J connectivity index is 2.82. The molecule has 0 unspecified atom stereocenters. The molecule has 0 saturated heterocycles. The van der Waals surface area contributed by atoms with Crippen molar-refractivity contribution in [3.63, 3.8) is 0 Å². The molecular formula is C15H22N2O3. The van der Waals surface area contributed by atoms with E-state index in [4.69, 9.17) is 9.47 Å². The van der Waals surface area contributed by atoms with E-state index in [1.54, 1.807) is 6.21 Å². The van der Waals surface area contributed by atoms with Gasteiger partial charge in [-0.15, -0.1) is 0 Å². The third-order valence-corrected chi connectivity index (χ3v) is 2.28. The van der Waals surface area contributed by atoms with Crippen molar-refractivity contribution in [2.45, 2.75) is 27.7 Å². The molecule has 0 spiro atoms. The van der Waals surface area contributed by atoms with Crippen molar-refractivity contribution in [1.82, 2.24) is 5.43 Å². The molecule has 0 saturated carbocycles. The number of carbonyl (C=O) groups excluding carboxylic acids is 1. The van der Waals surface area contributed by atoms with E-state index < -0.39 is 0 Å². The molecule has 0 aromatic heterocycles. The lowest BCUT2D eigenvalue weighted by Gasteiger charge is -2.13. The Hall–Kier alpha value is -2.04. The minimum absolute atomic E-state index is 0.205. The van der Waals surface area contributed by atoms with Crippen LogP contribution in [0.5, 0.6) is 11.5 Å². The second-order valence-corrected chi connectivity index (χ2v) is 4.77. The van der Waals surface area contributed by atoms with Crippen LogP contribution in [0.2, 0.25) is 0 Å². The molecular weight excluding hydrogens is 256 g/mol. The van der Waals surface area contributed by atoms with E-state index in [9.17, 15) is 4.79 Å². The monoisotopic (exact) mass is 278 g/mol. The Bertz CT molecular complexity index is 470. The van der Waals surface area contributed by atoms with Gasteiger partial charge in [0.1, 0.15) is 0 Å². The van der Waals surface area contributed by atoms with Crippen molar-refractivity contribution in [3.8, 4) is 11.5 Å². The molecule has 110 valence electrons. The predicted molar refractivity (Wildman–Crippen MR) is 79.4 cm³/mol. The second kappa shape index (κ2) is 8.19. The van der Waals surface area contributed by atoms with Gasteiger partial charge in [0, 0.05) is 6.92 Å². The molecule has 1 aromatic carbocycles. The molecule has 1 N–H and O–H groups in total. The highest BCUT2D eigenvalue weighted by Gasteiger charge is 2.06. The van der Waals surface area contributed by atoms with Crippen molar-refractivity contribution in [3.05, 3.63) is 23.8 Å². The SMILES string of the molecule is CCOc1cc(/C=N\NC(C)=O)ccc1OCC(C)C. The van der Waals surface area contributed by atoms with E-state index >= 15 is 0 Å². The fraction of sp³-hybridized carbons (Fsp3) is 0.467. The van der Waals surface area contributed by atoms with Crippen LogP contribution in [0.4, 0.5) is 0 Å². The van der Waals surface area contributed by atoms with E-state index in [0.29, 0.717) is 24.9 Å². The minimum atomic E-state index is -0.205. The van der Waals surface area contributed by atoms with E-state index in [1.165, 1.54) is 6.92 Å². The van der Waals surface area contributed by atoms with Gasteiger partial charge in [0.05, 0.1) is 19.4 Å². The molecule has 1 amide bonds. The second-order valence-electron chi connectivity index (χ2n) is 4.77. The van der Waals surface area contributed by atoms with Gasteiger partial charge < -0.3 is 9.47 Å². The Morgan fingerprint density at radius 1 is 1.35 bits per heavy atom. The van der Waals surface area contributed by atoms with Gasteiger partial charge in [0.25, 0.3) is 0 Å². The Morgan fingerprint density at radius 2 is 2.10 bits per heavy atom. The zero-order valence-electron chi connectivity index (χ0n) is 12.5. The molecule has 0 aliphatic rings. The van der Waals surface area contributed by atoms with Gasteiger partial charge in [0.15, 0.2) is 11.5 Å². The Morgan fingerprint density at radius 3 is 2.70 bits per heavy atom. The first-order chi connectivity index (χ1) is 9.52. The number of rotatable bonds is 7. The Labute approximate surface area is 120 Å². The summed E-state index contributed by atoms with van der Waals surface area (Å²) in [6.45, 7) is 8.71. The number of benzene rings is 1. The highest BCUT2D eigenvalue weighted by atomic mass is 16.5. The number of hydrazone groups is 1. The molecule has 0 heterocycles. The lowest BCUT2D eigenvalue weighted by Crippen LogP contribution is -2.12. The number of nitrogens with zero attached hydrogens (tertiary/aromatic N) is 1. The number of carbonyl (C=O) groups is 1. The third-order valence-electron chi connectivity index (χ3n) is 2.28. The van der Waals surface area contributed by atoms with E-state index in [0.717, 1.165) is 11.3 Å². The summed E-state index contributed by atoms with van der Waals surface area (Å²) in [5.74, 6) is 1.64. The molecule has 0 atom stereocenters. The standard InChI is InChI=1S/C15H22N2O3/c1-5-19-15-8-13(9-16-17-12(4)18)6-7-14(15)20-10-11(2)3/h6-9,11H,5,10H2,1-4H3,(H,17,18)/b16-9-. The Kier molecular flexibility index (Phi) is 6.56. The van der Waals surface area contributed by atoms with E-state index in [-0.39, 0.29) is 5.91 Å². The topological polar surface area (TPSA) is 59.9 Å². The van der Waals surface area contributed by atoms with Gasteiger partial charge in [-0.05, 0) is 36.6 Å². The van der Waals surface area contributed by atoms with Crippen molar-refractivity contribution in [1.29, 1.82) is 0 Å². The molecule has 0 aliphatic heterocycles. The normalized spacial score (nSPS) is 10.8. The molecule has 5 heteroatoms. The van der Waals surface area contributed by atoms with Crippen LogP contribution in [0.15, 0.2) is 23.3 Å². The summed E-state index contributed by atoms with van der Waals surface area (Å²) in [4.78, 5) is 10.7. The summed E-state index contributed by atoms with van der Waals surface area (Å²) in [7, 11) is 0. The van der Waals surface area contributed by atoms with Crippen LogP contribution >= 0.6 is 0 Å². The minimum Gasteiger partial charge on any atom is -0.490 e. The first-order valence-corrected chi connectivity index (χ1v) is 6.72. The predicted octanol–water partition coefficient (Wildman–Crippen LogP) is 2.59. The van der Waals surface area contributed by atoms with Crippen molar-refractivity contribution in [2.75, 3.05) is 13.2 Å². The molecule has 0 aliphatic carbocycles. The van der Waals surface area contributed by atoms with Gasteiger partial charge >= 0.3 is 0 Å². The number of hydrogen-bond acceptors (Lipinski definition) is 4. The van der Waals surface area contributed by atoms with Crippen molar-refractivity contribution in [2.24, 2.45) is 11.0 Å². The number of amides is 1. The van der Waals surface area contributed by atoms with Gasteiger partial charge in [-0.3, -0.25) is 4.79 Å². The summed E-state index contributed by atoms with van der Waals surface area (Å²) < 4.78 is 11.3. The number of ether oxygens (including phenoxy) is 2. The number of nitrogens with one attached hydrogen (secondary N) is 1. The molecule has 5 nitrogen and oxygen atoms in total. The maximum absolute atomic E-state index is 10.7. The average Bonchev–Trinajstić information content (AvgIpc) is 2.37. The van der Waals surface area contributed by atoms with Crippen LogP contribution < -0.4 is 14.9 Å². The smallest absolute Gasteiger partial charge is 0.236 e. The molecule has 1 aromatic rings. The first kappa shape index (κ1) is 16.0. The third kappa shape index (κ3) is 5.73. The van der Waals surface area contributed by atoms with Gasteiger partial charge in [-0.25, -0.2) is 5.43 Å². The maximum Gasteiger partial charge on any atom is 0.236 e. The van der Waals surface area contributed by atoms with E-state index in [1.807, 2.05) is 25.1 Å². The molecule has 1 rings (SSSR count). The zero-order chi connectivity index (χ0) is 15.0. The lowest BCUT2D eigenvalue weighted by atomic mass is 10.2. The number of hydrogen-bond donors (Lipinski definition) is 1. The van der Waals surface area contributed by atoms with Crippen LogP contribution in [0.25, 0.3) is 0 Å². The fourth-order valence-corrected chi connectivity index (χ4v) is 1.45. The highest BCUT2D eigenvalue weighted by molar-refractivity contribution is 5.82. The largest absolute Gasteiger partial charge is 0.490 e. The highest BCUT2D eigenvalue weighted by Crippen LogP contribution is 2.28. The van der Waals surface area contributed by atoms with Crippen LogP contribution in [-0.2, 0) is 4.79 Å². The van der Waals surface area contributed by atoms with Gasteiger partial charge in [0.2, 0.25) is 5.91 Å². The van der Waals surface area contributed by atoms with Gasteiger partial charge in [-0.2, -0.15) is 5.10 Å². The molecule has 0 fully saturated rings. The summed E-state index contributed by atoms with van der Waals surface area (Å²) in [5.41, 5.74) is 3.19. The van der Waals surface area contributed by atoms with Crippen LogP contribution in [0.3, 0.4) is 0 Å². The van der Waals surface area contributed by atoms with Crippen LogP contribution in [0.1, 0.15) is 33.3 Å². The summed E-state index contributed by atoms with van der Waals surface area (Å²) >= 11 is 0.